The van der Waals surface area contributed by atoms with Crippen LogP contribution in [0, 0.1) is 6.92 Å². The maximum atomic E-state index is 13.3. The number of benzene rings is 2. The molecule has 6 nitrogen and oxygen atoms in total. The number of hydrogen-bond donors (Lipinski definition) is 1. The standard InChI is InChI=1S/C23H25N3O3/c1-3-16-9-6-8-15(2)21(16)24-20(27)14-26-18-11-5-4-10-17(18)22(28)25-13-7-12-19(25)23(26)29/h4-6,8-11,19H,3,7,12-14H2,1-2H3,(H,24,27)/t19-/m0/s1. The van der Waals surface area contributed by atoms with E-state index in [2.05, 4.69) is 5.32 Å². The van der Waals surface area contributed by atoms with Crippen molar-refractivity contribution in [2.45, 2.75) is 39.2 Å². The van der Waals surface area contributed by atoms with E-state index in [9.17, 15) is 14.4 Å². The third kappa shape index (κ3) is 3.39. The van der Waals surface area contributed by atoms with Crippen molar-refractivity contribution in [3.63, 3.8) is 0 Å². The summed E-state index contributed by atoms with van der Waals surface area (Å²) < 4.78 is 0. The molecule has 0 radical (unpaired) electrons. The Hall–Kier alpha value is -3.15. The molecule has 0 aliphatic carbocycles. The van der Waals surface area contributed by atoms with E-state index in [1.165, 1.54) is 4.90 Å². The largest absolute Gasteiger partial charge is 0.327 e. The van der Waals surface area contributed by atoms with Gasteiger partial charge < -0.3 is 15.1 Å². The van der Waals surface area contributed by atoms with Gasteiger partial charge in [-0.15, -0.1) is 0 Å². The Kier molecular flexibility index (Phi) is 5.09. The molecule has 1 N–H and O–H groups in total. The summed E-state index contributed by atoms with van der Waals surface area (Å²) in [6.07, 6.45) is 2.23. The highest BCUT2D eigenvalue weighted by Crippen LogP contribution is 2.32. The van der Waals surface area contributed by atoms with E-state index < -0.39 is 6.04 Å². The van der Waals surface area contributed by atoms with Crippen molar-refractivity contribution in [1.82, 2.24) is 4.90 Å². The van der Waals surface area contributed by atoms with Gasteiger partial charge in [0, 0.05) is 12.2 Å². The van der Waals surface area contributed by atoms with Crippen LogP contribution in [0.3, 0.4) is 0 Å². The van der Waals surface area contributed by atoms with Gasteiger partial charge >= 0.3 is 0 Å². The van der Waals surface area contributed by atoms with Crippen LogP contribution in [0.25, 0.3) is 0 Å². The van der Waals surface area contributed by atoms with E-state index in [1.54, 1.807) is 29.2 Å². The summed E-state index contributed by atoms with van der Waals surface area (Å²) >= 11 is 0. The number of nitrogens with zero attached hydrogens (tertiary/aromatic N) is 2. The Morgan fingerprint density at radius 3 is 2.72 bits per heavy atom. The van der Waals surface area contributed by atoms with E-state index in [4.69, 9.17) is 0 Å². The topological polar surface area (TPSA) is 69.7 Å². The maximum Gasteiger partial charge on any atom is 0.256 e. The summed E-state index contributed by atoms with van der Waals surface area (Å²) in [6.45, 7) is 4.45. The van der Waals surface area contributed by atoms with Crippen molar-refractivity contribution in [3.8, 4) is 0 Å². The molecule has 2 aliphatic rings. The molecule has 29 heavy (non-hydrogen) atoms. The lowest BCUT2D eigenvalue weighted by atomic mass is 10.1. The fourth-order valence-corrected chi connectivity index (χ4v) is 4.30. The predicted molar refractivity (Wildman–Crippen MR) is 112 cm³/mol. The van der Waals surface area contributed by atoms with Gasteiger partial charge in [0.05, 0.1) is 11.3 Å². The minimum absolute atomic E-state index is 0.120. The second kappa shape index (κ2) is 7.70. The molecule has 1 fully saturated rings. The first kappa shape index (κ1) is 19.2. The number of anilines is 2. The molecule has 0 aromatic heterocycles. The number of rotatable bonds is 4. The summed E-state index contributed by atoms with van der Waals surface area (Å²) in [4.78, 5) is 42.3. The molecule has 2 aliphatic heterocycles. The summed E-state index contributed by atoms with van der Waals surface area (Å²) in [5, 5.41) is 2.99. The molecule has 0 bridgehead atoms. The third-order valence-corrected chi connectivity index (χ3v) is 5.80. The van der Waals surface area contributed by atoms with Gasteiger partial charge in [-0.05, 0) is 49.4 Å². The van der Waals surface area contributed by atoms with Crippen LogP contribution in [0.5, 0.6) is 0 Å². The number of nitrogens with one attached hydrogen (secondary N) is 1. The van der Waals surface area contributed by atoms with Gasteiger partial charge in [0.1, 0.15) is 12.6 Å². The van der Waals surface area contributed by atoms with Crippen LogP contribution in [0.4, 0.5) is 11.4 Å². The average molecular weight is 391 g/mol. The van der Waals surface area contributed by atoms with Gasteiger partial charge in [-0.3, -0.25) is 14.4 Å². The third-order valence-electron chi connectivity index (χ3n) is 5.80. The van der Waals surface area contributed by atoms with Crippen molar-refractivity contribution < 1.29 is 14.4 Å². The molecule has 150 valence electrons. The number of aryl methyl sites for hydroxylation is 2. The van der Waals surface area contributed by atoms with E-state index in [0.717, 1.165) is 29.7 Å². The van der Waals surface area contributed by atoms with Crippen LogP contribution in [-0.2, 0) is 16.0 Å². The summed E-state index contributed by atoms with van der Waals surface area (Å²) in [5.41, 5.74) is 3.82. The van der Waals surface area contributed by atoms with E-state index in [0.29, 0.717) is 24.2 Å². The zero-order chi connectivity index (χ0) is 20.5. The molecule has 4 rings (SSSR count). The Bertz CT molecular complexity index is 985. The van der Waals surface area contributed by atoms with Crippen molar-refractivity contribution in [2.24, 2.45) is 0 Å². The molecule has 2 aromatic rings. The number of amides is 3. The highest BCUT2D eigenvalue weighted by molar-refractivity contribution is 6.13. The minimum Gasteiger partial charge on any atom is -0.327 e. The maximum absolute atomic E-state index is 13.3. The number of fused-ring (bicyclic) bond motifs is 2. The molecule has 6 heteroatoms. The first-order valence-electron chi connectivity index (χ1n) is 10.1. The number of para-hydroxylation sites is 2. The second-order valence-corrected chi connectivity index (χ2v) is 7.61. The van der Waals surface area contributed by atoms with Crippen LogP contribution in [0.2, 0.25) is 0 Å². The number of hydrogen-bond acceptors (Lipinski definition) is 3. The molecule has 1 saturated heterocycles. The fraction of sp³-hybridized carbons (Fsp3) is 0.348. The molecular weight excluding hydrogens is 366 g/mol. The molecule has 2 aromatic carbocycles. The van der Waals surface area contributed by atoms with Gasteiger partial charge in [0.15, 0.2) is 0 Å². The van der Waals surface area contributed by atoms with Crippen LogP contribution in [0.15, 0.2) is 42.5 Å². The monoisotopic (exact) mass is 391 g/mol. The first-order valence-corrected chi connectivity index (χ1v) is 10.1. The smallest absolute Gasteiger partial charge is 0.256 e. The second-order valence-electron chi connectivity index (χ2n) is 7.61. The highest BCUT2D eigenvalue weighted by Gasteiger charge is 2.42. The van der Waals surface area contributed by atoms with Crippen LogP contribution in [0.1, 0.15) is 41.3 Å². The SMILES string of the molecule is CCc1cccc(C)c1NC(=O)CN1C(=O)[C@@H]2CCCN2C(=O)c2ccccc21. The van der Waals surface area contributed by atoms with Crippen molar-refractivity contribution >= 4 is 29.1 Å². The molecule has 2 heterocycles. The molecule has 1 atom stereocenters. The lowest BCUT2D eigenvalue weighted by Crippen LogP contribution is -2.47. The zero-order valence-corrected chi connectivity index (χ0v) is 16.8. The quantitative estimate of drug-likeness (QED) is 0.870. The Balaban J connectivity index is 1.65. The number of carbonyl (C=O) groups excluding carboxylic acids is 3. The van der Waals surface area contributed by atoms with Gasteiger partial charge in [0.25, 0.3) is 5.91 Å². The predicted octanol–water partition coefficient (Wildman–Crippen LogP) is 3.15. The molecule has 3 amide bonds. The van der Waals surface area contributed by atoms with Crippen LogP contribution >= 0.6 is 0 Å². The minimum atomic E-state index is -0.493. The summed E-state index contributed by atoms with van der Waals surface area (Å²) in [6, 6.07) is 12.5. The molecule has 0 unspecified atom stereocenters. The Morgan fingerprint density at radius 1 is 1.14 bits per heavy atom. The lowest BCUT2D eigenvalue weighted by Gasteiger charge is -2.25. The van der Waals surface area contributed by atoms with Crippen LogP contribution in [-0.4, -0.2) is 41.8 Å². The van der Waals surface area contributed by atoms with E-state index in [-0.39, 0.29) is 24.3 Å². The summed E-state index contributed by atoms with van der Waals surface area (Å²) in [5.74, 6) is -0.584. The highest BCUT2D eigenvalue weighted by atomic mass is 16.2. The lowest BCUT2D eigenvalue weighted by molar-refractivity contribution is -0.124. The normalized spacial score (nSPS) is 18.3. The Morgan fingerprint density at radius 2 is 1.93 bits per heavy atom. The molecule has 0 saturated carbocycles. The van der Waals surface area contributed by atoms with Gasteiger partial charge in [-0.1, -0.05) is 37.3 Å². The number of carbonyl (C=O) groups is 3. The first-order chi connectivity index (χ1) is 14.0. The van der Waals surface area contributed by atoms with Gasteiger partial charge in [0.2, 0.25) is 11.8 Å². The zero-order valence-electron chi connectivity index (χ0n) is 16.8. The Labute approximate surface area is 170 Å². The van der Waals surface area contributed by atoms with Gasteiger partial charge in [-0.2, -0.15) is 0 Å². The average Bonchev–Trinajstić information content (AvgIpc) is 3.20. The van der Waals surface area contributed by atoms with Gasteiger partial charge in [-0.25, -0.2) is 0 Å². The van der Waals surface area contributed by atoms with E-state index in [1.807, 2.05) is 32.0 Å². The fourth-order valence-electron chi connectivity index (χ4n) is 4.30. The van der Waals surface area contributed by atoms with E-state index >= 15 is 0 Å². The molecule has 0 spiro atoms. The van der Waals surface area contributed by atoms with Crippen molar-refractivity contribution in [2.75, 3.05) is 23.3 Å². The molecular formula is C23H25N3O3. The van der Waals surface area contributed by atoms with Crippen molar-refractivity contribution in [3.05, 3.63) is 59.2 Å². The summed E-state index contributed by atoms with van der Waals surface area (Å²) in [7, 11) is 0. The van der Waals surface area contributed by atoms with Crippen LogP contribution < -0.4 is 10.2 Å². The van der Waals surface area contributed by atoms with Crippen molar-refractivity contribution in [1.29, 1.82) is 0 Å².